The highest BCUT2D eigenvalue weighted by molar-refractivity contribution is 7.88. The van der Waals surface area contributed by atoms with Crippen LogP contribution in [0.25, 0.3) is 0 Å². The smallest absolute Gasteiger partial charge is 0.215 e. The van der Waals surface area contributed by atoms with Crippen molar-refractivity contribution in [2.24, 2.45) is 0 Å². The zero-order valence-corrected chi connectivity index (χ0v) is 10.2. The van der Waals surface area contributed by atoms with Crippen LogP contribution in [-0.4, -0.2) is 26.2 Å². The molecule has 17 heavy (non-hydrogen) atoms. The van der Waals surface area contributed by atoms with E-state index in [0.717, 1.165) is 0 Å². The predicted octanol–water partition coefficient (Wildman–Crippen LogP) is 0.358. The molecule has 5 nitrogen and oxygen atoms in total. The van der Waals surface area contributed by atoms with Gasteiger partial charge in [-0.05, 0) is 24.6 Å². The molecule has 6 heteroatoms. The Labute approximate surface area is 101 Å². The molecule has 1 atom stereocenters. The maximum absolute atomic E-state index is 11.6. The minimum absolute atomic E-state index is 0.00138. The highest BCUT2D eigenvalue weighted by Crippen LogP contribution is 2.07. The minimum atomic E-state index is -3.44. The molecule has 0 aliphatic carbocycles. The van der Waals surface area contributed by atoms with Crippen molar-refractivity contribution in [1.82, 2.24) is 4.72 Å². The molecule has 0 unspecified atom stereocenters. The number of benzene rings is 1. The summed E-state index contributed by atoms with van der Waals surface area (Å²) in [5, 5.41) is 17.6. The lowest BCUT2D eigenvalue weighted by atomic mass is 10.2. The first kappa shape index (κ1) is 13.6. The summed E-state index contributed by atoms with van der Waals surface area (Å²) < 4.78 is 25.4. The molecule has 0 fully saturated rings. The Balaban J connectivity index is 2.67. The summed E-state index contributed by atoms with van der Waals surface area (Å²) in [6.45, 7) is 1.50. The van der Waals surface area contributed by atoms with Gasteiger partial charge < -0.3 is 5.11 Å². The van der Waals surface area contributed by atoms with Crippen LogP contribution in [0, 0.1) is 11.3 Å². The second kappa shape index (κ2) is 5.77. The van der Waals surface area contributed by atoms with E-state index in [0.29, 0.717) is 11.1 Å². The monoisotopic (exact) mass is 254 g/mol. The van der Waals surface area contributed by atoms with Gasteiger partial charge in [0.1, 0.15) is 0 Å². The van der Waals surface area contributed by atoms with Gasteiger partial charge in [-0.25, -0.2) is 13.1 Å². The average Bonchev–Trinajstić information content (AvgIpc) is 2.27. The van der Waals surface area contributed by atoms with Crippen molar-refractivity contribution in [3.05, 3.63) is 35.4 Å². The van der Waals surface area contributed by atoms with Gasteiger partial charge in [0.05, 0.1) is 23.5 Å². The van der Waals surface area contributed by atoms with Crippen LogP contribution in [0.2, 0.25) is 0 Å². The molecule has 0 saturated heterocycles. The quantitative estimate of drug-likeness (QED) is 0.793. The topological polar surface area (TPSA) is 90.2 Å². The minimum Gasteiger partial charge on any atom is -0.392 e. The summed E-state index contributed by atoms with van der Waals surface area (Å²) in [6.07, 6.45) is -0.717. The van der Waals surface area contributed by atoms with E-state index >= 15 is 0 Å². The Bertz CT molecular complexity index is 501. The normalized spacial score (nSPS) is 13.0. The summed E-state index contributed by atoms with van der Waals surface area (Å²) in [4.78, 5) is 0. The summed E-state index contributed by atoms with van der Waals surface area (Å²) in [5.74, 6) is -0.161. The van der Waals surface area contributed by atoms with Crippen molar-refractivity contribution >= 4 is 10.0 Å². The third-order valence-corrected chi connectivity index (χ3v) is 3.36. The molecule has 0 radical (unpaired) electrons. The molecule has 0 spiro atoms. The predicted molar refractivity (Wildman–Crippen MR) is 63.5 cm³/mol. The van der Waals surface area contributed by atoms with Crippen LogP contribution >= 0.6 is 0 Å². The van der Waals surface area contributed by atoms with Crippen LogP contribution in [0.4, 0.5) is 0 Å². The Morgan fingerprint density at radius 1 is 1.41 bits per heavy atom. The Kier molecular flexibility index (Phi) is 4.63. The van der Waals surface area contributed by atoms with Gasteiger partial charge >= 0.3 is 0 Å². The van der Waals surface area contributed by atoms with Gasteiger partial charge in [-0.2, -0.15) is 5.26 Å². The molecule has 1 rings (SSSR count). The molecule has 0 aliphatic heterocycles. The molecular weight excluding hydrogens is 240 g/mol. The Morgan fingerprint density at radius 2 is 2.00 bits per heavy atom. The molecule has 2 N–H and O–H groups in total. The van der Waals surface area contributed by atoms with Crippen molar-refractivity contribution < 1.29 is 13.5 Å². The highest BCUT2D eigenvalue weighted by Gasteiger charge is 2.11. The summed E-state index contributed by atoms with van der Waals surface area (Å²) >= 11 is 0. The van der Waals surface area contributed by atoms with Gasteiger partial charge in [-0.3, -0.25) is 0 Å². The van der Waals surface area contributed by atoms with Crippen molar-refractivity contribution in [2.75, 3.05) is 6.54 Å². The Hall–Kier alpha value is -1.42. The van der Waals surface area contributed by atoms with Crippen LogP contribution in [0.3, 0.4) is 0 Å². The third-order valence-electron chi connectivity index (χ3n) is 2.04. The number of sulfonamides is 1. The van der Waals surface area contributed by atoms with Gasteiger partial charge in [0.25, 0.3) is 0 Å². The highest BCUT2D eigenvalue weighted by atomic mass is 32.2. The lowest BCUT2D eigenvalue weighted by molar-refractivity contribution is 0.198. The van der Waals surface area contributed by atoms with E-state index in [1.807, 2.05) is 6.07 Å². The van der Waals surface area contributed by atoms with Crippen molar-refractivity contribution in [3.63, 3.8) is 0 Å². The molecule has 92 valence electrons. The van der Waals surface area contributed by atoms with Crippen molar-refractivity contribution in [2.45, 2.75) is 18.8 Å². The van der Waals surface area contributed by atoms with Gasteiger partial charge in [0.2, 0.25) is 10.0 Å². The summed E-state index contributed by atoms with van der Waals surface area (Å²) in [6, 6.07) is 8.29. The first-order valence-electron chi connectivity index (χ1n) is 5.07. The third kappa shape index (κ3) is 4.95. The van der Waals surface area contributed by atoms with E-state index in [1.165, 1.54) is 6.92 Å². The van der Waals surface area contributed by atoms with Crippen molar-refractivity contribution in [1.29, 1.82) is 5.26 Å². The molecule has 0 aromatic heterocycles. The molecule has 0 saturated carbocycles. The fourth-order valence-corrected chi connectivity index (χ4v) is 2.42. The van der Waals surface area contributed by atoms with E-state index in [9.17, 15) is 8.42 Å². The number of rotatable bonds is 5. The molecule has 1 aromatic rings. The number of hydrogen-bond donors (Lipinski definition) is 2. The van der Waals surface area contributed by atoms with E-state index in [1.54, 1.807) is 24.3 Å². The Morgan fingerprint density at radius 3 is 2.47 bits per heavy atom. The maximum Gasteiger partial charge on any atom is 0.215 e. The average molecular weight is 254 g/mol. The molecule has 0 bridgehead atoms. The number of nitrogens with one attached hydrogen (secondary N) is 1. The first-order chi connectivity index (χ1) is 7.93. The van der Waals surface area contributed by atoms with E-state index in [2.05, 4.69) is 4.72 Å². The van der Waals surface area contributed by atoms with Crippen molar-refractivity contribution in [3.8, 4) is 6.07 Å². The SMILES string of the molecule is C[C@@H](O)CNS(=O)(=O)Cc1ccc(C#N)cc1. The van der Waals surface area contributed by atoms with Gasteiger partial charge in [0, 0.05) is 6.54 Å². The lowest BCUT2D eigenvalue weighted by Crippen LogP contribution is -2.31. The molecule has 0 amide bonds. The van der Waals surface area contributed by atoms with Crippen LogP contribution in [0.15, 0.2) is 24.3 Å². The first-order valence-corrected chi connectivity index (χ1v) is 6.72. The van der Waals surface area contributed by atoms with Crippen LogP contribution in [0.5, 0.6) is 0 Å². The van der Waals surface area contributed by atoms with E-state index < -0.39 is 16.1 Å². The second-order valence-corrected chi connectivity index (χ2v) is 5.57. The van der Waals surface area contributed by atoms with Crippen LogP contribution in [-0.2, 0) is 15.8 Å². The molecule has 0 heterocycles. The lowest BCUT2D eigenvalue weighted by Gasteiger charge is -2.08. The second-order valence-electron chi connectivity index (χ2n) is 3.77. The zero-order chi connectivity index (χ0) is 12.9. The molecule has 1 aromatic carbocycles. The number of aliphatic hydroxyl groups excluding tert-OH is 1. The number of nitriles is 1. The maximum atomic E-state index is 11.6. The zero-order valence-electron chi connectivity index (χ0n) is 9.42. The molecular formula is C11H14N2O3S. The fraction of sp³-hybridized carbons (Fsp3) is 0.364. The van der Waals surface area contributed by atoms with Crippen LogP contribution in [0.1, 0.15) is 18.1 Å². The van der Waals surface area contributed by atoms with Crippen LogP contribution < -0.4 is 4.72 Å². The number of hydrogen-bond acceptors (Lipinski definition) is 4. The largest absolute Gasteiger partial charge is 0.392 e. The van der Waals surface area contributed by atoms with Gasteiger partial charge in [-0.15, -0.1) is 0 Å². The van der Waals surface area contributed by atoms with E-state index in [-0.39, 0.29) is 12.3 Å². The number of nitrogens with zero attached hydrogens (tertiary/aromatic N) is 1. The van der Waals surface area contributed by atoms with E-state index in [4.69, 9.17) is 10.4 Å². The number of aliphatic hydroxyl groups is 1. The standard InChI is InChI=1S/C11H14N2O3S/c1-9(14)7-13-17(15,16)8-11-4-2-10(6-12)3-5-11/h2-5,9,13-14H,7-8H2,1H3/t9-/m1/s1. The fourth-order valence-electron chi connectivity index (χ4n) is 1.19. The summed E-state index contributed by atoms with van der Waals surface area (Å²) in [5.41, 5.74) is 1.09. The molecule has 0 aliphatic rings. The summed E-state index contributed by atoms with van der Waals surface area (Å²) in [7, 11) is -3.44. The van der Waals surface area contributed by atoms with Gasteiger partial charge in [-0.1, -0.05) is 12.1 Å². The van der Waals surface area contributed by atoms with Gasteiger partial charge in [0.15, 0.2) is 0 Å².